The van der Waals surface area contributed by atoms with Crippen molar-refractivity contribution in [2.24, 2.45) is 0 Å². The summed E-state index contributed by atoms with van der Waals surface area (Å²) in [5.74, 6) is 2.12. The van der Waals surface area contributed by atoms with Gasteiger partial charge in [-0.25, -0.2) is 4.98 Å². The maximum Gasteiger partial charge on any atom is 0.135 e. The Morgan fingerprint density at radius 2 is 1.30 bits per heavy atom. The molecule has 286 valence electrons. The molecule has 11 rings (SSSR count). The van der Waals surface area contributed by atoms with E-state index in [2.05, 4.69) is 201 Å². The molecule has 8 aromatic rings. The van der Waals surface area contributed by atoms with Crippen molar-refractivity contribution >= 4 is 44.6 Å². The minimum atomic E-state index is -0.296. The van der Waals surface area contributed by atoms with Gasteiger partial charge in [0.25, 0.3) is 0 Å². The van der Waals surface area contributed by atoms with Crippen molar-refractivity contribution < 1.29 is 25.8 Å². The molecule has 0 spiro atoms. The summed E-state index contributed by atoms with van der Waals surface area (Å²) in [6, 6.07) is 55.0. The minimum absolute atomic E-state index is 0. The Kier molecular flexibility index (Phi) is 9.13. The van der Waals surface area contributed by atoms with E-state index >= 15 is 0 Å². The Morgan fingerprint density at radius 1 is 0.614 bits per heavy atom. The molecule has 0 saturated carbocycles. The number of aromatic nitrogens is 2. The van der Waals surface area contributed by atoms with E-state index in [1.165, 1.54) is 22.3 Å². The van der Waals surface area contributed by atoms with Crippen LogP contribution in [-0.4, -0.2) is 9.55 Å². The second-order valence-corrected chi connectivity index (χ2v) is 16.6. The third-order valence-corrected chi connectivity index (χ3v) is 11.6. The van der Waals surface area contributed by atoms with Gasteiger partial charge in [-0.05, 0) is 76.2 Å². The number of aryl methyl sites for hydroxylation is 2. The predicted octanol–water partition coefficient (Wildman–Crippen LogP) is 12.7. The summed E-state index contributed by atoms with van der Waals surface area (Å²) in [5, 5.41) is 2.25. The molecule has 0 atom stereocenters. The molecule has 0 aliphatic carbocycles. The molecule has 5 heterocycles. The van der Waals surface area contributed by atoms with Gasteiger partial charge in [0.05, 0.1) is 0 Å². The third-order valence-electron chi connectivity index (χ3n) is 11.6. The van der Waals surface area contributed by atoms with Crippen LogP contribution in [0.15, 0.2) is 140 Å². The number of pyridine rings is 1. The molecule has 0 unspecified atom stereocenters. The van der Waals surface area contributed by atoms with Gasteiger partial charge >= 0.3 is 0 Å². The molecule has 0 saturated heterocycles. The maximum atomic E-state index is 6.79. The molecule has 0 radical (unpaired) electrons. The van der Waals surface area contributed by atoms with E-state index in [4.69, 9.17) is 9.72 Å². The molecule has 6 heteroatoms. The fourth-order valence-electron chi connectivity index (χ4n) is 8.54. The summed E-state index contributed by atoms with van der Waals surface area (Å²) < 4.78 is 9.04. The van der Waals surface area contributed by atoms with Gasteiger partial charge in [0.2, 0.25) is 0 Å². The molecular formula is C51H43N4OPt-3. The Labute approximate surface area is 349 Å². The first-order valence-corrected chi connectivity index (χ1v) is 19.5. The number of hydrogen-bond donors (Lipinski definition) is 0. The van der Waals surface area contributed by atoms with Gasteiger partial charge in [-0.2, -0.15) is 6.07 Å². The fourth-order valence-corrected chi connectivity index (χ4v) is 8.54. The molecule has 0 amide bonds. The molecule has 5 nitrogen and oxygen atoms in total. The Bertz CT molecular complexity index is 2800. The zero-order valence-electron chi connectivity index (χ0n) is 32.8. The van der Waals surface area contributed by atoms with Crippen LogP contribution < -0.4 is 14.5 Å². The fraction of sp³-hybridized carbons (Fsp3) is 0.176. The number of rotatable bonds is 2. The van der Waals surface area contributed by atoms with Gasteiger partial charge in [0, 0.05) is 66.8 Å². The zero-order valence-corrected chi connectivity index (χ0v) is 35.1. The predicted molar refractivity (Wildman–Crippen MR) is 229 cm³/mol. The Hall–Kier alpha value is -5.64. The van der Waals surface area contributed by atoms with E-state index in [1.54, 1.807) is 0 Å². The first-order chi connectivity index (χ1) is 27.1. The molecule has 57 heavy (non-hydrogen) atoms. The van der Waals surface area contributed by atoms with Gasteiger partial charge in [0.15, 0.2) is 0 Å². The smallest absolute Gasteiger partial charge is 0.135 e. The third kappa shape index (κ3) is 6.33. The van der Waals surface area contributed by atoms with E-state index in [1.807, 2.05) is 6.07 Å². The second kappa shape index (κ2) is 14.1. The van der Waals surface area contributed by atoms with Crippen molar-refractivity contribution in [1.82, 2.24) is 9.55 Å². The summed E-state index contributed by atoms with van der Waals surface area (Å²) in [4.78, 5) is 9.83. The van der Waals surface area contributed by atoms with Crippen molar-refractivity contribution in [3.05, 3.63) is 186 Å². The molecular weight excluding hydrogens is 880 g/mol. The first kappa shape index (κ1) is 37.0. The number of para-hydroxylation sites is 4. The SMILES string of the molecule is CC(C)(C)c1cc2[c-]c(c1)N1[CH-]N(c3ccccc3CCc3cnc(cc3C(C)(C)c3ccccc3)-n3c4[c-]c(ccc4c4ccccc43)O2)c2ccccc21.[Pt]. The van der Waals surface area contributed by atoms with Crippen LogP contribution in [-0.2, 0) is 44.7 Å². The van der Waals surface area contributed by atoms with Crippen molar-refractivity contribution in [2.45, 2.75) is 58.3 Å². The number of fused-ring (bicyclic) bond motifs is 6. The van der Waals surface area contributed by atoms with Crippen molar-refractivity contribution in [3.8, 4) is 17.3 Å². The molecule has 0 N–H and O–H groups in total. The van der Waals surface area contributed by atoms with Crippen LogP contribution in [0.5, 0.6) is 11.5 Å². The van der Waals surface area contributed by atoms with E-state index in [9.17, 15) is 0 Å². The first-order valence-electron chi connectivity index (χ1n) is 19.5. The number of ether oxygens (including phenoxy) is 1. The molecule has 0 fully saturated rings. The van der Waals surface area contributed by atoms with Crippen LogP contribution in [0.25, 0.3) is 27.6 Å². The Balaban J connectivity index is 0.00000422. The monoisotopic (exact) mass is 922 g/mol. The average molecular weight is 923 g/mol. The molecule has 2 aromatic heterocycles. The van der Waals surface area contributed by atoms with Crippen LogP contribution >= 0.6 is 0 Å². The summed E-state index contributed by atoms with van der Waals surface area (Å²) >= 11 is 0. The second-order valence-electron chi connectivity index (χ2n) is 16.6. The topological polar surface area (TPSA) is 33.5 Å². The quantitative estimate of drug-likeness (QED) is 0.162. The number of nitrogens with zero attached hydrogens (tertiary/aromatic N) is 4. The van der Waals surface area contributed by atoms with E-state index in [0.29, 0.717) is 11.5 Å². The maximum absolute atomic E-state index is 6.79. The molecule has 3 aliphatic rings. The average Bonchev–Trinajstić information content (AvgIpc) is 3.76. The van der Waals surface area contributed by atoms with Crippen LogP contribution in [0.2, 0.25) is 0 Å². The van der Waals surface area contributed by atoms with Gasteiger partial charge in [-0.3, -0.25) is 0 Å². The van der Waals surface area contributed by atoms with Gasteiger partial charge in [0.1, 0.15) is 5.82 Å². The van der Waals surface area contributed by atoms with Crippen LogP contribution in [0.1, 0.15) is 62.4 Å². The normalized spacial score (nSPS) is 13.8. The molecule has 8 bridgehead atoms. The molecule has 3 aliphatic heterocycles. The van der Waals surface area contributed by atoms with E-state index < -0.39 is 0 Å². The van der Waals surface area contributed by atoms with Crippen LogP contribution in [0, 0.1) is 18.8 Å². The number of benzene rings is 6. The summed E-state index contributed by atoms with van der Waals surface area (Å²) in [6.07, 6.45) is 3.79. The van der Waals surface area contributed by atoms with E-state index in [-0.39, 0.29) is 31.9 Å². The minimum Gasteiger partial charge on any atom is -0.509 e. The van der Waals surface area contributed by atoms with E-state index in [0.717, 1.165) is 68.8 Å². The standard InChI is InChI=1S/C51H43N4O.Pt/c1-50(2,3)37-27-38-29-40(28-37)56-39-25-26-42-41-18-10-12-20-45(41)55(48(42)30-39)49-31-43(51(4,5)36-16-7-6-8-17-36)35(32-52-49)24-23-34-15-9-11-19-44(34)54-33-53(38)46-21-13-14-22-47(46)54;/h6-22,25-28,31-33H,23-24H2,1-5H3;/q-3;. The molecule has 6 aromatic carbocycles. The Morgan fingerprint density at radius 3 is 2.09 bits per heavy atom. The van der Waals surface area contributed by atoms with Gasteiger partial charge in [-0.1, -0.05) is 119 Å². The van der Waals surface area contributed by atoms with Crippen molar-refractivity contribution in [2.75, 3.05) is 9.80 Å². The largest absolute Gasteiger partial charge is 0.509 e. The summed E-state index contributed by atoms with van der Waals surface area (Å²) in [5.41, 5.74) is 12.0. The number of anilines is 4. The zero-order chi connectivity index (χ0) is 38.2. The summed E-state index contributed by atoms with van der Waals surface area (Å²) in [6.45, 7) is 13.6. The summed E-state index contributed by atoms with van der Waals surface area (Å²) in [7, 11) is 0. The van der Waals surface area contributed by atoms with Gasteiger partial charge in [-0.15, -0.1) is 53.6 Å². The van der Waals surface area contributed by atoms with Crippen LogP contribution in [0.4, 0.5) is 22.7 Å². The van der Waals surface area contributed by atoms with Crippen molar-refractivity contribution in [1.29, 1.82) is 0 Å². The van der Waals surface area contributed by atoms with Crippen molar-refractivity contribution in [3.63, 3.8) is 0 Å². The van der Waals surface area contributed by atoms with Crippen LogP contribution in [0.3, 0.4) is 0 Å². The van der Waals surface area contributed by atoms with Gasteiger partial charge < -0.3 is 19.1 Å². The number of hydrogen-bond acceptors (Lipinski definition) is 4.